The molecule has 21 heavy (non-hydrogen) atoms. The molecule has 0 bridgehead atoms. The second kappa shape index (κ2) is 5.29. The molecule has 0 atom stereocenters. The van der Waals surface area contributed by atoms with Crippen LogP contribution in [-0.4, -0.2) is 26.5 Å². The van der Waals surface area contributed by atoms with Gasteiger partial charge in [-0.1, -0.05) is 17.3 Å². The van der Waals surface area contributed by atoms with E-state index in [-0.39, 0.29) is 0 Å². The second-order valence-corrected chi connectivity index (χ2v) is 5.56. The van der Waals surface area contributed by atoms with Gasteiger partial charge >= 0.3 is 0 Å². The Hall–Kier alpha value is -2.21. The predicted octanol–water partition coefficient (Wildman–Crippen LogP) is 1.97. The Bertz CT molecular complexity index is 710. The van der Waals surface area contributed by atoms with Crippen LogP contribution in [-0.2, 0) is 13.1 Å². The van der Waals surface area contributed by atoms with Gasteiger partial charge < -0.3 is 9.73 Å². The number of oxazole rings is 1. The van der Waals surface area contributed by atoms with Crippen LogP contribution < -0.4 is 5.32 Å². The molecule has 0 spiro atoms. The molecule has 1 aliphatic rings. The summed E-state index contributed by atoms with van der Waals surface area (Å²) in [5.74, 6) is 1.53. The van der Waals surface area contributed by atoms with Crippen LogP contribution in [0.5, 0.6) is 0 Å². The number of benzene rings is 1. The number of rotatable bonds is 6. The first-order valence-electron chi connectivity index (χ1n) is 7.31. The SMILES string of the molecule is c1ccc2oc(Cn3cc(CNCC4CC4)nn3)nc2c1. The van der Waals surface area contributed by atoms with E-state index in [2.05, 4.69) is 20.6 Å². The number of fused-ring (bicyclic) bond motifs is 1. The molecule has 0 aliphatic heterocycles. The van der Waals surface area contributed by atoms with Gasteiger partial charge in [-0.05, 0) is 37.4 Å². The highest BCUT2D eigenvalue weighted by molar-refractivity contribution is 5.72. The minimum absolute atomic E-state index is 0.504. The molecule has 0 saturated heterocycles. The zero-order valence-electron chi connectivity index (χ0n) is 11.7. The second-order valence-electron chi connectivity index (χ2n) is 5.56. The van der Waals surface area contributed by atoms with Crippen molar-refractivity contribution in [2.24, 2.45) is 5.92 Å². The number of para-hydroxylation sites is 2. The maximum Gasteiger partial charge on any atom is 0.217 e. The smallest absolute Gasteiger partial charge is 0.217 e. The number of nitrogens with one attached hydrogen (secondary N) is 1. The highest BCUT2D eigenvalue weighted by Crippen LogP contribution is 2.27. The average Bonchev–Trinajstić information content (AvgIpc) is 3.06. The summed E-state index contributed by atoms with van der Waals surface area (Å²) in [6.07, 6.45) is 4.66. The molecule has 6 heteroatoms. The lowest BCUT2D eigenvalue weighted by Crippen LogP contribution is -2.16. The summed E-state index contributed by atoms with van der Waals surface area (Å²) >= 11 is 0. The number of nitrogens with zero attached hydrogens (tertiary/aromatic N) is 4. The van der Waals surface area contributed by atoms with Gasteiger partial charge in [-0.25, -0.2) is 9.67 Å². The van der Waals surface area contributed by atoms with Crippen LogP contribution in [0.3, 0.4) is 0 Å². The summed E-state index contributed by atoms with van der Waals surface area (Å²) in [5.41, 5.74) is 2.63. The summed E-state index contributed by atoms with van der Waals surface area (Å²) in [6, 6.07) is 7.75. The molecule has 2 heterocycles. The van der Waals surface area contributed by atoms with Crippen molar-refractivity contribution in [1.29, 1.82) is 0 Å². The molecule has 0 unspecified atom stereocenters. The molecule has 1 aromatic carbocycles. The standard InChI is InChI=1S/C15H17N5O/c1-2-4-14-13(3-1)17-15(21-14)10-20-9-12(18-19-20)8-16-7-11-5-6-11/h1-4,9,11,16H,5-8,10H2. The van der Waals surface area contributed by atoms with E-state index in [0.717, 1.165) is 35.8 Å². The van der Waals surface area contributed by atoms with Crippen LogP contribution in [0.4, 0.5) is 0 Å². The lowest BCUT2D eigenvalue weighted by Gasteiger charge is -1.98. The average molecular weight is 283 g/mol. The molecule has 108 valence electrons. The van der Waals surface area contributed by atoms with Crippen LogP contribution in [0.1, 0.15) is 24.4 Å². The highest BCUT2D eigenvalue weighted by Gasteiger charge is 2.20. The minimum Gasteiger partial charge on any atom is -0.439 e. The molecule has 1 saturated carbocycles. The first-order chi connectivity index (χ1) is 10.4. The van der Waals surface area contributed by atoms with Gasteiger partial charge in [0.2, 0.25) is 5.89 Å². The summed E-state index contributed by atoms with van der Waals surface area (Å²) in [5, 5.41) is 11.7. The fraction of sp³-hybridized carbons (Fsp3) is 0.400. The van der Waals surface area contributed by atoms with Crippen molar-refractivity contribution >= 4 is 11.1 Å². The first kappa shape index (κ1) is 12.5. The van der Waals surface area contributed by atoms with E-state index < -0.39 is 0 Å². The van der Waals surface area contributed by atoms with Crippen molar-refractivity contribution in [3.05, 3.63) is 42.0 Å². The van der Waals surface area contributed by atoms with E-state index in [0.29, 0.717) is 12.4 Å². The molecule has 1 N–H and O–H groups in total. The third kappa shape index (κ3) is 2.95. The number of hydrogen-bond donors (Lipinski definition) is 1. The van der Waals surface area contributed by atoms with Gasteiger partial charge in [0.25, 0.3) is 0 Å². The van der Waals surface area contributed by atoms with E-state index in [1.165, 1.54) is 12.8 Å². The van der Waals surface area contributed by atoms with Crippen molar-refractivity contribution in [1.82, 2.24) is 25.3 Å². The van der Waals surface area contributed by atoms with Gasteiger partial charge in [0, 0.05) is 6.54 Å². The minimum atomic E-state index is 0.504. The fourth-order valence-corrected chi connectivity index (χ4v) is 2.35. The van der Waals surface area contributed by atoms with Crippen LogP contribution in [0.15, 0.2) is 34.9 Å². The molecule has 0 amide bonds. The third-order valence-corrected chi connectivity index (χ3v) is 3.66. The Kier molecular flexibility index (Phi) is 3.16. The van der Waals surface area contributed by atoms with E-state index in [9.17, 15) is 0 Å². The Morgan fingerprint density at radius 3 is 3.05 bits per heavy atom. The molecule has 6 nitrogen and oxygen atoms in total. The molecule has 2 aromatic heterocycles. The Morgan fingerprint density at radius 1 is 1.29 bits per heavy atom. The predicted molar refractivity (Wildman–Crippen MR) is 77.6 cm³/mol. The lowest BCUT2D eigenvalue weighted by molar-refractivity contribution is 0.485. The van der Waals surface area contributed by atoms with Crippen LogP contribution in [0.2, 0.25) is 0 Å². The van der Waals surface area contributed by atoms with Crippen LogP contribution >= 0.6 is 0 Å². The van der Waals surface area contributed by atoms with Crippen molar-refractivity contribution in [3.63, 3.8) is 0 Å². The van der Waals surface area contributed by atoms with Crippen molar-refractivity contribution in [3.8, 4) is 0 Å². The van der Waals surface area contributed by atoms with Gasteiger partial charge in [0.15, 0.2) is 5.58 Å². The quantitative estimate of drug-likeness (QED) is 0.749. The Balaban J connectivity index is 1.40. The van der Waals surface area contributed by atoms with E-state index in [1.54, 1.807) is 4.68 Å². The molecular formula is C15H17N5O. The molecular weight excluding hydrogens is 266 g/mol. The number of hydrogen-bond acceptors (Lipinski definition) is 5. The molecule has 0 radical (unpaired) electrons. The molecule has 3 aromatic rings. The molecule has 1 fully saturated rings. The number of aromatic nitrogens is 4. The van der Waals surface area contributed by atoms with Gasteiger partial charge in [-0.15, -0.1) is 5.10 Å². The van der Waals surface area contributed by atoms with Crippen LogP contribution in [0, 0.1) is 5.92 Å². The maximum absolute atomic E-state index is 5.69. The summed E-state index contributed by atoms with van der Waals surface area (Å²) in [7, 11) is 0. The third-order valence-electron chi connectivity index (χ3n) is 3.66. The van der Waals surface area contributed by atoms with Crippen molar-refractivity contribution in [2.75, 3.05) is 6.54 Å². The fourth-order valence-electron chi connectivity index (χ4n) is 2.35. The highest BCUT2D eigenvalue weighted by atomic mass is 16.3. The zero-order valence-corrected chi connectivity index (χ0v) is 11.7. The van der Waals surface area contributed by atoms with Gasteiger partial charge in [-0.3, -0.25) is 0 Å². The molecule has 4 rings (SSSR count). The van der Waals surface area contributed by atoms with Gasteiger partial charge in [-0.2, -0.15) is 0 Å². The van der Waals surface area contributed by atoms with E-state index >= 15 is 0 Å². The van der Waals surface area contributed by atoms with Gasteiger partial charge in [0.1, 0.15) is 12.1 Å². The Morgan fingerprint density at radius 2 is 2.19 bits per heavy atom. The topological polar surface area (TPSA) is 68.8 Å². The molecule has 1 aliphatic carbocycles. The summed E-state index contributed by atoms with van der Waals surface area (Å²) in [4.78, 5) is 4.44. The lowest BCUT2D eigenvalue weighted by atomic mass is 10.3. The maximum atomic E-state index is 5.69. The van der Waals surface area contributed by atoms with E-state index in [4.69, 9.17) is 4.42 Å². The summed E-state index contributed by atoms with van der Waals surface area (Å²) < 4.78 is 7.45. The van der Waals surface area contributed by atoms with Crippen LogP contribution in [0.25, 0.3) is 11.1 Å². The normalized spacial score (nSPS) is 14.9. The van der Waals surface area contributed by atoms with Gasteiger partial charge in [0.05, 0.1) is 11.9 Å². The van der Waals surface area contributed by atoms with Crippen molar-refractivity contribution < 1.29 is 4.42 Å². The monoisotopic (exact) mass is 283 g/mol. The summed E-state index contributed by atoms with van der Waals surface area (Å²) in [6.45, 7) is 2.35. The van der Waals surface area contributed by atoms with Crippen molar-refractivity contribution in [2.45, 2.75) is 25.9 Å². The first-order valence-corrected chi connectivity index (χ1v) is 7.31. The largest absolute Gasteiger partial charge is 0.439 e. The van der Waals surface area contributed by atoms with E-state index in [1.807, 2.05) is 30.5 Å². The zero-order chi connectivity index (χ0) is 14.1. The Labute approximate surface area is 122 Å².